The third-order valence-electron chi connectivity index (χ3n) is 3.35. The van der Waals surface area contributed by atoms with Gasteiger partial charge < -0.3 is 5.32 Å². The van der Waals surface area contributed by atoms with Crippen LogP contribution in [0.4, 0.5) is 16.2 Å². The molecule has 3 rings (SSSR count). The van der Waals surface area contributed by atoms with Crippen LogP contribution in [0.3, 0.4) is 0 Å². The second kappa shape index (κ2) is 4.81. The Bertz CT molecular complexity index is 601. The van der Waals surface area contributed by atoms with E-state index >= 15 is 0 Å². The number of halogens is 1. The molecular weight excluding hydrogens is 245 g/mol. The first kappa shape index (κ1) is 11.9. The van der Waals surface area contributed by atoms with Crippen LogP contribution in [0.15, 0.2) is 30.5 Å². The number of nitrogens with zero attached hydrogens (tertiary/aromatic N) is 2. The first-order valence-electron chi connectivity index (χ1n) is 6.08. The molecule has 0 radical (unpaired) electrons. The minimum absolute atomic E-state index is 0.173. The highest BCUT2D eigenvalue weighted by Crippen LogP contribution is 2.34. The predicted octanol–water partition coefficient (Wildman–Crippen LogP) is 1.65. The minimum Gasteiger partial charge on any atom is -0.367 e. The predicted molar refractivity (Wildman–Crippen MR) is 71.2 cm³/mol. The van der Waals surface area contributed by atoms with Crippen LogP contribution in [0.2, 0.25) is 0 Å². The number of nitrogen functional groups attached to an aromatic ring is 1. The number of nitrogens with one attached hydrogen (secondary N) is 2. The highest BCUT2D eigenvalue weighted by atomic mass is 19.1. The smallest absolute Gasteiger partial charge is 0.239 e. The van der Waals surface area contributed by atoms with E-state index in [1.165, 1.54) is 11.1 Å². The van der Waals surface area contributed by atoms with Gasteiger partial charge in [0.1, 0.15) is 0 Å². The molecule has 98 valence electrons. The van der Waals surface area contributed by atoms with Crippen LogP contribution < -0.4 is 16.6 Å². The Labute approximate surface area is 110 Å². The molecule has 0 saturated heterocycles. The first-order chi connectivity index (χ1) is 9.28. The van der Waals surface area contributed by atoms with Gasteiger partial charge in [0.2, 0.25) is 5.95 Å². The van der Waals surface area contributed by atoms with Gasteiger partial charge in [0.05, 0.1) is 6.20 Å². The minimum atomic E-state index is -0.480. The van der Waals surface area contributed by atoms with Crippen LogP contribution in [-0.4, -0.2) is 16.5 Å². The summed E-state index contributed by atoms with van der Waals surface area (Å²) in [6.45, 7) is 0.648. The Balaban J connectivity index is 1.68. The highest BCUT2D eigenvalue weighted by Gasteiger charge is 2.25. The Morgan fingerprint density at radius 2 is 2.21 bits per heavy atom. The van der Waals surface area contributed by atoms with Crippen molar-refractivity contribution in [3.63, 3.8) is 0 Å². The fourth-order valence-electron chi connectivity index (χ4n) is 2.33. The quantitative estimate of drug-likeness (QED) is 0.575. The molecule has 0 bridgehead atoms. The zero-order chi connectivity index (χ0) is 13.2. The van der Waals surface area contributed by atoms with E-state index in [1.54, 1.807) is 0 Å². The largest absolute Gasteiger partial charge is 0.367 e. The van der Waals surface area contributed by atoms with Gasteiger partial charge in [-0.2, -0.15) is 4.98 Å². The fraction of sp³-hybridized carbons (Fsp3) is 0.231. The second-order valence-corrected chi connectivity index (χ2v) is 4.52. The summed E-state index contributed by atoms with van der Waals surface area (Å²) in [5, 5.41) is 3.01. The Kier molecular flexibility index (Phi) is 3.00. The third kappa shape index (κ3) is 2.22. The molecule has 4 N–H and O–H groups in total. The Morgan fingerprint density at radius 3 is 3.00 bits per heavy atom. The van der Waals surface area contributed by atoms with Gasteiger partial charge in [-0.25, -0.2) is 15.2 Å². The molecule has 0 fully saturated rings. The van der Waals surface area contributed by atoms with Crippen molar-refractivity contribution < 1.29 is 4.39 Å². The molecule has 19 heavy (non-hydrogen) atoms. The Hall–Kier alpha value is -2.21. The summed E-state index contributed by atoms with van der Waals surface area (Å²) in [4.78, 5) is 7.64. The van der Waals surface area contributed by atoms with Gasteiger partial charge in [-0.05, 0) is 17.5 Å². The lowest BCUT2D eigenvalue weighted by Gasteiger charge is -2.30. The van der Waals surface area contributed by atoms with Gasteiger partial charge in [0, 0.05) is 12.5 Å². The summed E-state index contributed by atoms with van der Waals surface area (Å²) in [6.07, 6.45) is 2.11. The molecule has 1 atom stereocenters. The maximum absolute atomic E-state index is 13.5. The van der Waals surface area contributed by atoms with E-state index in [0.29, 0.717) is 12.5 Å². The summed E-state index contributed by atoms with van der Waals surface area (Å²) in [5.74, 6) is 5.49. The van der Waals surface area contributed by atoms with Gasteiger partial charge in [-0.1, -0.05) is 24.3 Å². The first-order valence-corrected chi connectivity index (χ1v) is 6.08. The average Bonchev–Trinajstić information content (AvgIpc) is 2.42. The number of anilines is 2. The lowest BCUT2D eigenvalue weighted by atomic mass is 9.77. The number of rotatable bonds is 4. The number of hydrogen-bond donors (Lipinski definition) is 3. The van der Waals surface area contributed by atoms with Gasteiger partial charge in [0.25, 0.3) is 0 Å². The van der Waals surface area contributed by atoms with Crippen molar-refractivity contribution in [2.75, 3.05) is 17.3 Å². The van der Waals surface area contributed by atoms with Crippen molar-refractivity contribution in [3.05, 3.63) is 47.4 Å². The molecule has 2 aromatic rings. The normalized spacial score (nSPS) is 16.4. The number of hydrazine groups is 1. The molecule has 1 aromatic heterocycles. The van der Waals surface area contributed by atoms with Gasteiger partial charge >= 0.3 is 0 Å². The Morgan fingerprint density at radius 1 is 1.37 bits per heavy atom. The number of aromatic nitrogens is 2. The number of fused-ring (bicyclic) bond motifs is 1. The van der Waals surface area contributed by atoms with Crippen LogP contribution in [-0.2, 0) is 6.42 Å². The molecule has 1 aliphatic rings. The number of nitrogens with two attached hydrogens (primary N) is 1. The third-order valence-corrected chi connectivity index (χ3v) is 3.35. The van der Waals surface area contributed by atoms with Gasteiger partial charge in [-0.15, -0.1) is 0 Å². The van der Waals surface area contributed by atoms with Crippen LogP contribution in [0.25, 0.3) is 0 Å². The topological polar surface area (TPSA) is 75.9 Å². The lowest BCUT2D eigenvalue weighted by molar-refractivity contribution is 0.604. The molecule has 0 aliphatic heterocycles. The van der Waals surface area contributed by atoms with E-state index in [9.17, 15) is 4.39 Å². The molecule has 1 heterocycles. The lowest BCUT2D eigenvalue weighted by Crippen LogP contribution is -2.25. The number of benzene rings is 1. The number of hydrogen-bond acceptors (Lipinski definition) is 5. The summed E-state index contributed by atoms with van der Waals surface area (Å²) in [6, 6.07) is 8.28. The second-order valence-electron chi connectivity index (χ2n) is 4.52. The zero-order valence-corrected chi connectivity index (χ0v) is 10.2. The molecule has 5 nitrogen and oxygen atoms in total. The monoisotopic (exact) mass is 259 g/mol. The maximum Gasteiger partial charge on any atom is 0.239 e. The van der Waals surface area contributed by atoms with E-state index in [1.807, 2.05) is 12.1 Å². The van der Waals surface area contributed by atoms with Crippen molar-refractivity contribution >= 4 is 11.8 Å². The molecule has 6 heteroatoms. The van der Waals surface area contributed by atoms with Crippen molar-refractivity contribution in [2.45, 2.75) is 12.3 Å². The van der Waals surface area contributed by atoms with E-state index in [-0.39, 0.29) is 11.8 Å². The zero-order valence-electron chi connectivity index (χ0n) is 10.2. The van der Waals surface area contributed by atoms with Crippen LogP contribution in [0, 0.1) is 5.82 Å². The highest BCUT2D eigenvalue weighted by molar-refractivity contribution is 5.44. The SMILES string of the molecule is NNc1ncc(F)c(NCC2Cc3ccccc32)n1. The summed E-state index contributed by atoms with van der Waals surface area (Å²) < 4.78 is 13.5. The molecular formula is C13H14FN5. The molecule has 1 unspecified atom stereocenters. The van der Waals surface area contributed by atoms with Crippen LogP contribution in [0.1, 0.15) is 17.0 Å². The van der Waals surface area contributed by atoms with Crippen molar-refractivity contribution in [1.82, 2.24) is 9.97 Å². The molecule has 1 aromatic carbocycles. The summed E-state index contributed by atoms with van der Waals surface area (Å²) >= 11 is 0. The summed E-state index contributed by atoms with van der Waals surface area (Å²) in [7, 11) is 0. The van der Waals surface area contributed by atoms with Crippen molar-refractivity contribution in [2.24, 2.45) is 5.84 Å². The standard InChI is InChI=1S/C13H14FN5/c14-11-7-17-13(19-15)18-12(11)16-6-9-5-8-3-1-2-4-10(8)9/h1-4,7,9H,5-6,15H2,(H2,16,17,18,19). The summed E-state index contributed by atoms with van der Waals surface area (Å²) in [5.41, 5.74) is 4.98. The molecule has 0 amide bonds. The molecule has 1 aliphatic carbocycles. The van der Waals surface area contributed by atoms with Crippen molar-refractivity contribution in [3.8, 4) is 0 Å². The average molecular weight is 259 g/mol. The van der Waals surface area contributed by atoms with E-state index < -0.39 is 5.82 Å². The molecule has 0 saturated carbocycles. The van der Waals surface area contributed by atoms with E-state index in [4.69, 9.17) is 5.84 Å². The van der Waals surface area contributed by atoms with Gasteiger partial charge in [0.15, 0.2) is 11.6 Å². The fourth-order valence-corrected chi connectivity index (χ4v) is 2.33. The van der Waals surface area contributed by atoms with Crippen LogP contribution >= 0.6 is 0 Å². The van der Waals surface area contributed by atoms with E-state index in [0.717, 1.165) is 12.6 Å². The van der Waals surface area contributed by atoms with Gasteiger partial charge in [-0.3, -0.25) is 5.43 Å². The van der Waals surface area contributed by atoms with Crippen molar-refractivity contribution in [1.29, 1.82) is 0 Å². The van der Waals surface area contributed by atoms with E-state index in [2.05, 4.69) is 32.8 Å². The maximum atomic E-state index is 13.5. The molecule has 0 spiro atoms. The van der Waals surface area contributed by atoms with Crippen LogP contribution in [0.5, 0.6) is 0 Å².